The van der Waals surface area contributed by atoms with Crippen LogP contribution >= 0.6 is 15.9 Å². The summed E-state index contributed by atoms with van der Waals surface area (Å²) in [6.45, 7) is 8.05. The fourth-order valence-corrected chi connectivity index (χ4v) is 1.74. The van der Waals surface area contributed by atoms with Crippen molar-refractivity contribution in [3.8, 4) is 0 Å². The number of benzene rings is 1. The lowest BCUT2D eigenvalue weighted by molar-refractivity contribution is 0.0790. The number of hydrogen-bond acceptors (Lipinski definition) is 1. The first-order valence-electron chi connectivity index (χ1n) is 5.06. The number of rotatable bonds is 5. The van der Waals surface area contributed by atoms with Gasteiger partial charge in [-0.3, -0.25) is 4.79 Å². The Balaban J connectivity index is 2.95. The van der Waals surface area contributed by atoms with Crippen LogP contribution in [0, 0.1) is 5.82 Å². The fraction of sp³-hybridized carbons (Fsp3) is 0.154. The minimum Gasteiger partial charge on any atom is -0.331 e. The largest absolute Gasteiger partial charge is 0.331 e. The van der Waals surface area contributed by atoms with Gasteiger partial charge in [-0.2, -0.15) is 0 Å². The number of carbonyl (C=O) groups excluding carboxylic acids is 1. The zero-order chi connectivity index (χ0) is 12.8. The van der Waals surface area contributed by atoms with Gasteiger partial charge < -0.3 is 4.90 Å². The van der Waals surface area contributed by atoms with Crippen LogP contribution in [0.4, 0.5) is 4.39 Å². The quantitative estimate of drug-likeness (QED) is 0.763. The molecule has 0 heterocycles. The van der Waals surface area contributed by atoms with E-state index in [0.29, 0.717) is 18.7 Å². The van der Waals surface area contributed by atoms with Crippen molar-refractivity contribution in [3.63, 3.8) is 0 Å². The van der Waals surface area contributed by atoms with Gasteiger partial charge >= 0.3 is 0 Å². The van der Waals surface area contributed by atoms with Crippen LogP contribution in [-0.4, -0.2) is 23.9 Å². The minimum atomic E-state index is -0.388. The van der Waals surface area contributed by atoms with Gasteiger partial charge in [0.2, 0.25) is 0 Å². The van der Waals surface area contributed by atoms with Gasteiger partial charge in [-0.25, -0.2) is 4.39 Å². The lowest BCUT2D eigenvalue weighted by Gasteiger charge is -2.19. The summed E-state index contributed by atoms with van der Waals surface area (Å²) in [5.74, 6) is -0.564. The Hall–Kier alpha value is -1.42. The monoisotopic (exact) mass is 297 g/mol. The third-order valence-corrected chi connectivity index (χ3v) is 2.76. The second-order valence-electron chi connectivity index (χ2n) is 3.42. The summed E-state index contributed by atoms with van der Waals surface area (Å²) < 4.78 is 13.3. The average molecular weight is 298 g/mol. The van der Waals surface area contributed by atoms with Crippen molar-refractivity contribution in [1.82, 2.24) is 4.90 Å². The normalized spacial score (nSPS) is 9.76. The highest BCUT2D eigenvalue weighted by molar-refractivity contribution is 9.10. The Morgan fingerprint density at radius 3 is 2.41 bits per heavy atom. The van der Waals surface area contributed by atoms with Crippen molar-refractivity contribution in [2.75, 3.05) is 13.1 Å². The first-order chi connectivity index (χ1) is 8.10. The first-order valence-corrected chi connectivity index (χ1v) is 5.85. The topological polar surface area (TPSA) is 20.3 Å². The third kappa shape index (κ3) is 3.53. The SMILES string of the molecule is C=CCN(CC=C)C(=O)c1ccc(F)c(Br)c1. The molecule has 0 saturated carbocycles. The van der Waals surface area contributed by atoms with Crippen LogP contribution in [-0.2, 0) is 0 Å². The molecule has 0 aliphatic rings. The van der Waals surface area contributed by atoms with Crippen molar-refractivity contribution >= 4 is 21.8 Å². The molecule has 4 heteroatoms. The Bertz CT molecular complexity index is 435. The van der Waals surface area contributed by atoms with Gasteiger partial charge in [0.1, 0.15) is 5.82 Å². The maximum Gasteiger partial charge on any atom is 0.254 e. The molecule has 1 aromatic rings. The van der Waals surface area contributed by atoms with Crippen molar-refractivity contribution in [3.05, 3.63) is 59.4 Å². The van der Waals surface area contributed by atoms with E-state index in [1.807, 2.05) is 0 Å². The molecule has 0 aliphatic carbocycles. The zero-order valence-corrected chi connectivity index (χ0v) is 10.9. The molecule has 0 N–H and O–H groups in total. The molecule has 1 aromatic carbocycles. The molecular weight excluding hydrogens is 285 g/mol. The molecule has 0 aliphatic heterocycles. The maximum atomic E-state index is 13.1. The van der Waals surface area contributed by atoms with E-state index in [-0.39, 0.29) is 16.2 Å². The molecule has 1 rings (SSSR count). The Labute approximate surface area is 109 Å². The van der Waals surface area contributed by atoms with E-state index in [2.05, 4.69) is 29.1 Å². The Kier molecular flexibility index (Phi) is 5.10. The second-order valence-corrected chi connectivity index (χ2v) is 4.27. The highest BCUT2D eigenvalue weighted by Gasteiger charge is 2.14. The van der Waals surface area contributed by atoms with Gasteiger partial charge in [-0.15, -0.1) is 13.2 Å². The first kappa shape index (κ1) is 13.6. The summed E-state index contributed by atoms with van der Waals surface area (Å²) in [6.07, 6.45) is 3.28. The highest BCUT2D eigenvalue weighted by atomic mass is 79.9. The van der Waals surface area contributed by atoms with Crippen LogP contribution < -0.4 is 0 Å². The lowest BCUT2D eigenvalue weighted by Crippen LogP contribution is -2.31. The molecule has 0 saturated heterocycles. The second kappa shape index (κ2) is 6.35. The highest BCUT2D eigenvalue weighted by Crippen LogP contribution is 2.18. The molecule has 0 unspecified atom stereocenters. The number of halogens is 2. The minimum absolute atomic E-state index is 0.175. The van der Waals surface area contributed by atoms with Crippen molar-refractivity contribution in [2.24, 2.45) is 0 Å². The standard InChI is InChI=1S/C13H13BrFNO/c1-3-7-16(8-4-2)13(17)10-5-6-12(15)11(14)9-10/h3-6,9H,1-2,7-8H2. The molecule has 0 fully saturated rings. The molecular formula is C13H13BrFNO. The molecule has 0 bridgehead atoms. The fourth-order valence-electron chi connectivity index (χ4n) is 1.36. The van der Waals surface area contributed by atoms with Gasteiger partial charge in [-0.1, -0.05) is 12.2 Å². The van der Waals surface area contributed by atoms with Gasteiger partial charge in [0.05, 0.1) is 4.47 Å². The molecule has 0 spiro atoms. The van der Waals surface area contributed by atoms with E-state index in [0.717, 1.165) is 0 Å². The molecule has 17 heavy (non-hydrogen) atoms. The van der Waals surface area contributed by atoms with Crippen molar-refractivity contribution < 1.29 is 9.18 Å². The summed E-state index contributed by atoms with van der Waals surface area (Å²) in [7, 11) is 0. The summed E-state index contributed by atoms with van der Waals surface area (Å²) in [5.41, 5.74) is 0.432. The average Bonchev–Trinajstić information content (AvgIpc) is 2.31. The smallest absolute Gasteiger partial charge is 0.254 e. The third-order valence-electron chi connectivity index (χ3n) is 2.15. The van der Waals surface area contributed by atoms with Gasteiger partial charge in [-0.05, 0) is 34.1 Å². The van der Waals surface area contributed by atoms with Crippen molar-refractivity contribution in [1.29, 1.82) is 0 Å². The molecule has 90 valence electrons. The molecule has 2 nitrogen and oxygen atoms in total. The summed E-state index contributed by atoms with van der Waals surface area (Å²) >= 11 is 3.06. The summed E-state index contributed by atoms with van der Waals surface area (Å²) in [6, 6.07) is 4.19. The van der Waals surface area contributed by atoms with E-state index in [4.69, 9.17) is 0 Å². The van der Waals surface area contributed by atoms with Crippen LogP contribution in [0.1, 0.15) is 10.4 Å². The van der Waals surface area contributed by atoms with Crippen LogP contribution in [0.3, 0.4) is 0 Å². The molecule has 1 amide bonds. The zero-order valence-electron chi connectivity index (χ0n) is 9.33. The number of carbonyl (C=O) groups is 1. The molecule has 0 aromatic heterocycles. The Morgan fingerprint density at radius 2 is 1.94 bits per heavy atom. The predicted molar refractivity (Wildman–Crippen MR) is 70.4 cm³/mol. The molecule has 0 atom stereocenters. The predicted octanol–water partition coefficient (Wildman–Crippen LogP) is 3.40. The van der Waals surface area contributed by atoms with Gasteiger partial charge in [0.15, 0.2) is 0 Å². The van der Waals surface area contributed by atoms with Crippen LogP contribution in [0.2, 0.25) is 0 Å². The van der Waals surface area contributed by atoms with Gasteiger partial charge in [0.25, 0.3) is 5.91 Å². The maximum absolute atomic E-state index is 13.1. The van der Waals surface area contributed by atoms with E-state index >= 15 is 0 Å². The summed E-state index contributed by atoms with van der Waals surface area (Å²) in [4.78, 5) is 13.6. The Morgan fingerprint density at radius 1 is 1.35 bits per heavy atom. The number of nitrogens with zero attached hydrogens (tertiary/aromatic N) is 1. The van der Waals surface area contributed by atoms with Crippen LogP contribution in [0.15, 0.2) is 48.0 Å². The lowest BCUT2D eigenvalue weighted by atomic mass is 10.2. The van der Waals surface area contributed by atoms with Gasteiger partial charge in [0, 0.05) is 18.7 Å². The van der Waals surface area contributed by atoms with E-state index in [9.17, 15) is 9.18 Å². The van der Waals surface area contributed by atoms with Crippen LogP contribution in [0.25, 0.3) is 0 Å². The van der Waals surface area contributed by atoms with E-state index < -0.39 is 0 Å². The van der Waals surface area contributed by atoms with E-state index in [1.54, 1.807) is 17.1 Å². The summed E-state index contributed by atoms with van der Waals surface area (Å²) in [5, 5.41) is 0. The number of hydrogen-bond donors (Lipinski definition) is 0. The van der Waals surface area contributed by atoms with Crippen molar-refractivity contribution in [2.45, 2.75) is 0 Å². The van der Waals surface area contributed by atoms with Crippen LogP contribution in [0.5, 0.6) is 0 Å². The number of amides is 1. The van der Waals surface area contributed by atoms with E-state index in [1.165, 1.54) is 18.2 Å². The molecule has 0 radical (unpaired) electrons.